The molecule has 0 spiro atoms. The van der Waals surface area contributed by atoms with E-state index in [1.54, 1.807) is 13.0 Å². The van der Waals surface area contributed by atoms with E-state index >= 15 is 0 Å². The number of anilines is 1. The van der Waals surface area contributed by atoms with E-state index in [-0.39, 0.29) is 11.9 Å². The van der Waals surface area contributed by atoms with Gasteiger partial charge in [0.1, 0.15) is 6.10 Å². The summed E-state index contributed by atoms with van der Waals surface area (Å²) in [6.45, 7) is 1.79. The number of hydrogen-bond acceptors (Lipinski definition) is 6. The molecule has 0 bridgehead atoms. The first-order valence-corrected chi connectivity index (χ1v) is 8.77. The average molecular weight is 343 g/mol. The van der Waals surface area contributed by atoms with Gasteiger partial charge >= 0.3 is 6.01 Å². The summed E-state index contributed by atoms with van der Waals surface area (Å²) in [6.07, 6.45) is 4.53. The van der Waals surface area contributed by atoms with E-state index in [9.17, 15) is 4.79 Å². The van der Waals surface area contributed by atoms with Crippen molar-refractivity contribution in [2.45, 2.75) is 57.2 Å². The molecule has 0 saturated heterocycles. The van der Waals surface area contributed by atoms with Crippen molar-refractivity contribution in [3.8, 4) is 11.5 Å². The zero-order valence-corrected chi connectivity index (χ0v) is 14.1. The molecule has 25 heavy (non-hydrogen) atoms. The molecule has 0 radical (unpaired) electrons. The number of ether oxygens (including phenoxy) is 2. The minimum absolute atomic E-state index is 0.111. The van der Waals surface area contributed by atoms with Gasteiger partial charge in [0.15, 0.2) is 11.5 Å². The third-order valence-electron chi connectivity index (χ3n) is 4.73. The summed E-state index contributed by atoms with van der Waals surface area (Å²) in [7, 11) is 0. The van der Waals surface area contributed by atoms with Crippen molar-refractivity contribution in [1.82, 2.24) is 10.2 Å². The number of nitrogens with one attached hydrogen (secondary N) is 1. The maximum absolute atomic E-state index is 12.5. The standard InChI is InChI=1S/C18H21N3O4/c1-11-15(24-14-10-6-5-9-13(14)23-11)16(22)19-18-21-20-17(25-18)12-7-3-2-4-8-12/h5-6,9-12,15H,2-4,7-8H2,1H3,(H,19,21,22)/t11-,15+/m1/s1. The molecular weight excluding hydrogens is 322 g/mol. The highest BCUT2D eigenvalue weighted by Gasteiger charge is 2.35. The lowest BCUT2D eigenvalue weighted by Gasteiger charge is -2.30. The maximum atomic E-state index is 12.5. The number of benzene rings is 1. The quantitative estimate of drug-likeness (QED) is 0.920. The highest BCUT2D eigenvalue weighted by molar-refractivity contribution is 5.93. The van der Waals surface area contributed by atoms with Crippen LogP contribution in [0.5, 0.6) is 11.5 Å². The van der Waals surface area contributed by atoms with Crippen molar-refractivity contribution in [3.05, 3.63) is 30.2 Å². The molecule has 1 N–H and O–H groups in total. The first-order valence-electron chi connectivity index (χ1n) is 8.77. The lowest BCUT2D eigenvalue weighted by molar-refractivity contribution is -0.128. The van der Waals surface area contributed by atoms with Gasteiger partial charge in [-0.15, -0.1) is 5.10 Å². The minimum Gasteiger partial charge on any atom is -0.482 e. The molecule has 7 heteroatoms. The number of aromatic nitrogens is 2. The largest absolute Gasteiger partial charge is 0.482 e. The second-order valence-electron chi connectivity index (χ2n) is 6.58. The van der Waals surface area contributed by atoms with Crippen molar-refractivity contribution in [2.24, 2.45) is 0 Å². The third-order valence-corrected chi connectivity index (χ3v) is 4.73. The van der Waals surface area contributed by atoms with Crippen LogP contribution in [-0.4, -0.2) is 28.3 Å². The van der Waals surface area contributed by atoms with Crippen molar-refractivity contribution in [1.29, 1.82) is 0 Å². The van der Waals surface area contributed by atoms with Crippen LogP contribution in [-0.2, 0) is 4.79 Å². The Bertz CT molecular complexity index is 754. The molecule has 2 atom stereocenters. The fourth-order valence-electron chi connectivity index (χ4n) is 3.38. The molecule has 7 nitrogen and oxygen atoms in total. The normalized spacial score (nSPS) is 23.2. The van der Waals surface area contributed by atoms with Gasteiger partial charge in [-0.3, -0.25) is 10.1 Å². The summed E-state index contributed by atoms with van der Waals surface area (Å²) < 4.78 is 17.2. The molecule has 0 unspecified atom stereocenters. The SMILES string of the molecule is C[C@H]1Oc2ccccc2O[C@@H]1C(=O)Nc1nnc(C2CCCCC2)o1. The van der Waals surface area contributed by atoms with Crippen LogP contribution in [0, 0.1) is 0 Å². The third kappa shape index (κ3) is 3.31. The van der Waals surface area contributed by atoms with Crippen molar-refractivity contribution >= 4 is 11.9 Å². The zero-order valence-electron chi connectivity index (χ0n) is 14.1. The predicted octanol–water partition coefficient (Wildman–Crippen LogP) is 3.28. The fraction of sp³-hybridized carbons (Fsp3) is 0.500. The molecule has 1 aromatic heterocycles. The summed E-state index contributed by atoms with van der Waals surface area (Å²) in [5.74, 6) is 1.73. The second-order valence-corrected chi connectivity index (χ2v) is 6.58. The highest BCUT2D eigenvalue weighted by atomic mass is 16.6. The molecule has 2 aliphatic rings. The van der Waals surface area contributed by atoms with E-state index in [1.165, 1.54) is 19.3 Å². The van der Waals surface area contributed by atoms with Crippen LogP contribution < -0.4 is 14.8 Å². The Labute approximate surface area is 145 Å². The fourth-order valence-corrected chi connectivity index (χ4v) is 3.38. The van der Waals surface area contributed by atoms with Gasteiger partial charge in [0.2, 0.25) is 12.0 Å². The van der Waals surface area contributed by atoms with Gasteiger partial charge in [-0.2, -0.15) is 0 Å². The average Bonchev–Trinajstić information content (AvgIpc) is 3.10. The number of para-hydroxylation sites is 2. The molecule has 1 amide bonds. The summed E-state index contributed by atoms with van der Waals surface area (Å²) in [5, 5.41) is 10.7. The number of carbonyl (C=O) groups is 1. The highest BCUT2D eigenvalue weighted by Crippen LogP contribution is 2.34. The molecule has 2 aromatic rings. The van der Waals surface area contributed by atoms with Gasteiger partial charge in [0.05, 0.1) is 0 Å². The summed E-state index contributed by atoms with van der Waals surface area (Å²) in [6, 6.07) is 7.39. The number of nitrogens with zero attached hydrogens (tertiary/aromatic N) is 2. The molecule has 1 aliphatic heterocycles. The van der Waals surface area contributed by atoms with Crippen LogP contribution in [0.15, 0.2) is 28.7 Å². The predicted molar refractivity (Wildman–Crippen MR) is 89.7 cm³/mol. The number of hydrogen-bond donors (Lipinski definition) is 1. The first-order chi connectivity index (χ1) is 12.2. The Balaban J connectivity index is 1.43. The van der Waals surface area contributed by atoms with Gasteiger partial charge in [-0.05, 0) is 31.9 Å². The van der Waals surface area contributed by atoms with Gasteiger partial charge < -0.3 is 13.9 Å². The van der Waals surface area contributed by atoms with Crippen LogP contribution >= 0.6 is 0 Å². The van der Waals surface area contributed by atoms with E-state index in [0.29, 0.717) is 23.3 Å². The van der Waals surface area contributed by atoms with E-state index in [2.05, 4.69) is 15.5 Å². The summed E-state index contributed by atoms with van der Waals surface area (Å²) in [4.78, 5) is 12.5. The second kappa shape index (κ2) is 6.74. The van der Waals surface area contributed by atoms with Crippen molar-refractivity contribution < 1.29 is 18.7 Å². The molecule has 2 heterocycles. The number of amides is 1. The van der Waals surface area contributed by atoms with Crippen LogP contribution in [0.4, 0.5) is 6.01 Å². The number of carbonyl (C=O) groups excluding carboxylic acids is 1. The van der Waals surface area contributed by atoms with Gasteiger partial charge in [-0.25, -0.2) is 0 Å². The Kier molecular flexibility index (Phi) is 4.29. The van der Waals surface area contributed by atoms with Crippen molar-refractivity contribution in [2.75, 3.05) is 5.32 Å². The number of rotatable bonds is 3. The van der Waals surface area contributed by atoms with Gasteiger partial charge in [0.25, 0.3) is 5.91 Å². The molecule has 1 aliphatic carbocycles. The first kappa shape index (κ1) is 15.9. The van der Waals surface area contributed by atoms with Crippen LogP contribution in [0.3, 0.4) is 0 Å². The molecular formula is C18H21N3O4. The van der Waals surface area contributed by atoms with E-state index in [1.807, 2.05) is 18.2 Å². The molecule has 132 valence electrons. The number of fused-ring (bicyclic) bond motifs is 1. The van der Waals surface area contributed by atoms with Crippen LogP contribution in [0.1, 0.15) is 50.8 Å². The lowest BCUT2D eigenvalue weighted by Crippen LogP contribution is -2.46. The Morgan fingerprint density at radius 1 is 1.08 bits per heavy atom. The van der Waals surface area contributed by atoms with E-state index in [4.69, 9.17) is 13.9 Å². The zero-order chi connectivity index (χ0) is 17.2. The van der Waals surface area contributed by atoms with Gasteiger partial charge in [0, 0.05) is 5.92 Å². The van der Waals surface area contributed by atoms with Gasteiger partial charge in [-0.1, -0.05) is 36.5 Å². The monoisotopic (exact) mass is 343 g/mol. The summed E-state index contributed by atoms with van der Waals surface area (Å²) >= 11 is 0. The smallest absolute Gasteiger partial charge is 0.322 e. The van der Waals surface area contributed by atoms with Crippen LogP contribution in [0.25, 0.3) is 0 Å². The molecule has 1 aromatic carbocycles. The minimum atomic E-state index is -0.778. The topological polar surface area (TPSA) is 86.5 Å². The molecule has 4 rings (SSSR count). The van der Waals surface area contributed by atoms with Crippen molar-refractivity contribution in [3.63, 3.8) is 0 Å². The molecule has 1 saturated carbocycles. The van der Waals surface area contributed by atoms with E-state index < -0.39 is 12.2 Å². The lowest BCUT2D eigenvalue weighted by atomic mass is 9.89. The Hall–Kier alpha value is -2.57. The summed E-state index contributed by atoms with van der Waals surface area (Å²) in [5.41, 5.74) is 0. The van der Waals surface area contributed by atoms with E-state index in [0.717, 1.165) is 12.8 Å². The van der Waals surface area contributed by atoms with Crippen LogP contribution in [0.2, 0.25) is 0 Å². The Morgan fingerprint density at radius 2 is 1.80 bits per heavy atom. The Morgan fingerprint density at radius 3 is 2.56 bits per heavy atom. The molecule has 1 fully saturated rings. The maximum Gasteiger partial charge on any atom is 0.322 e.